The first-order valence-electron chi connectivity index (χ1n) is 17.6. The van der Waals surface area contributed by atoms with Crippen molar-refractivity contribution in [2.24, 2.45) is 23.7 Å². The Labute approximate surface area is 293 Å². The van der Waals surface area contributed by atoms with Gasteiger partial charge >= 0.3 is 0 Å². The van der Waals surface area contributed by atoms with Gasteiger partial charge in [0, 0.05) is 44.8 Å². The second-order valence-electron chi connectivity index (χ2n) is 14.9. The Morgan fingerprint density at radius 2 is 1.33 bits per heavy atom. The van der Waals surface area contributed by atoms with E-state index in [1.165, 1.54) is 4.90 Å². The fourth-order valence-electron chi connectivity index (χ4n) is 7.52. The lowest BCUT2D eigenvalue weighted by Gasteiger charge is -2.38. The van der Waals surface area contributed by atoms with Crippen LogP contribution in [0.1, 0.15) is 84.8 Å². The van der Waals surface area contributed by atoms with E-state index in [1.807, 2.05) is 84.8 Å². The Bertz CT molecular complexity index is 1280. The first-order valence-corrected chi connectivity index (χ1v) is 18.3. The first kappa shape index (κ1) is 39.5. The summed E-state index contributed by atoms with van der Waals surface area (Å²) in [5.41, 5.74) is 2.07. The standard InChI is InChI=1S/C37H59N5O5S/c1-23(2)28(20-31(43)32(24(3)4)39(7)8)35(45)40(9)33(25(5)6)37(47)42-19-11-13-30(42)36(46)41-18-10-12-29(41)34(44)38-21-26-14-16-27(22-48)17-15-26/h14-17,23-25,28-30,32-33,48H,10-13,18-22H2,1-9H3,(H,38,44). The molecule has 0 radical (unpaired) electrons. The molecule has 11 heteroatoms. The van der Waals surface area contributed by atoms with Gasteiger partial charge in [0.15, 0.2) is 5.78 Å². The van der Waals surface area contributed by atoms with Crippen molar-refractivity contribution in [3.63, 3.8) is 0 Å². The highest BCUT2D eigenvalue weighted by atomic mass is 32.1. The van der Waals surface area contributed by atoms with Crippen LogP contribution in [0, 0.1) is 23.7 Å². The highest BCUT2D eigenvalue weighted by molar-refractivity contribution is 7.79. The molecule has 2 heterocycles. The number of hydrogen-bond donors (Lipinski definition) is 2. The molecule has 2 fully saturated rings. The summed E-state index contributed by atoms with van der Waals surface area (Å²) in [6.07, 6.45) is 2.57. The van der Waals surface area contributed by atoms with Crippen LogP contribution in [0.15, 0.2) is 24.3 Å². The molecule has 3 rings (SSSR count). The monoisotopic (exact) mass is 685 g/mol. The fraction of sp³-hybridized carbons (Fsp3) is 0.703. The third-order valence-corrected chi connectivity index (χ3v) is 10.4. The molecule has 5 unspecified atom stereocenters. The van der Waals surface area contributed by atoms with Crippen molar-refractivity contribution in [2.75, 3.05) is 34.2 Å². The van der Waals surface area contributed by atoms with Crippen molar-refractivity contribution in [1.29, 1.82) is 0 Å². The number of amides is 4. The topological polar surface area (TPSA) is 110 Å². The number of ketones is 1. The molecule has 0 saturated carbocycles. The number of carbonyl (C=O) groups excluding carboxylic acids is 5. The van der Waals surface area contributed by atoms with E-state index < -0.39 is 24.0 Å². The van der Waals surface area contributed by atoms with Crippen LogP contribution in [0.3, 0.4) is 0 Å². The van der Waals surface area contributed by atoms with E-state index in [0.717, 1.165) is 11.1 Å². The maximum Gasteiger partial charge on any atom is 0.246 e. The van der Waals surface area contributed by atoms with Gasteiger partial charge < -0.3 is 20.0 Å². The smallest absolute Gasteiger partial charge is 0.246 e. The average Bonchev–Trinajstić information content (AvgIpc) is 3.72. The number of likely N-dealkylation sites (N-methyl/N-ethyl adjacent to an activating group) is 2. The molecular weight excluding hydrogens is 627 g/mol. The number of Topliss-reactive ketones (excluding diaryl/α,β-unsaturated/α-hetero) is 1. The molecule has 0 aromatic heterocycles. The highest BCUT2D eigenvalue weighted by Gasteiger charge is 2.45. The number of hydrogen-bond acceptors (Lipinski definition) is 7. The van der Waals surface area contributed by atoms with Crippen molar-refractivity contribution in [1.82, 2.24) is 24.9 Å². The van der Waals surface area contributed by atoms with Gasteiger partial charge in [-0.2, -0.15) is 12.6 Å². The van der Waals surface area contributed by atoms with E-state index in [4.69, 9.17) is 0 Å². The Balaban J connectivity index is 1.74. The molecule has 1 aromatic rings. The summed E-state index contributed by atoms with van der Waals surface area (Å²) >= 11 is 4.29. The van der Waals surface area contributed by atoms with Crippen LogP contribution in [-0.2, 0) is 36.3 Å². The minimum Gasteiger partial charge on any atom is -0.350 e. The van der Waals surface area contributed by atoms with Crippen LogP contribution < -0.4 is 5.32 Å². The lowest BCUT2D eigenvalue weighted by molar-refractivity contribution is -0.154. The van der Waals surface area contributed by atoms with Crippen LogP contribution in [0.5, 0.6) is 0 Å². The highest BCUT2D eigenvalue weighted by Crippen LogP contribution is 2.29. The zero-order valence-electron chi connectivity index (χ0n) is 30.6. The molecular formula is C37H59N5O5S. The molecule has 2 aliphatic rings. The lowest BCUT2D eigenvalue weighted by atomic mass is 9.84. The number of likely N-dealkylation sites (tertiary alicyclic amines) is 2. The van der Waals surface area contributed by atoms with Gasteiger partial charge in [-0.25, -0.2) is 0 Å². The molecule has 268 valence electrons. The minimum atomic E-state index is -0.788. The van der Waals surface area contributed by atoms with Crippen molar-refractivity contribution >= 4 is 42.0 Å². The summed E-state index contributed by atoms with van der Waals surface area (Å²) in [5.74, 6) is -1.02. The van der Waals surface area contributed by atoms with Crippen molar-refractivity contribution in [3.8, 4) is 0 Å². The van der Waals surface area contributed by atoms with Gasteiger partial charge in [0.1, 0.15) is 18.1 Å². The third-order valence-electron chi connectivity index (χ3n) is 10.0. The molecule has 4 amide bonds. The average molecular weight is 686 g/mol. The molecule has 0 bridgehead atoms. The summed E-state index contributed by atoms with van der Waals surface area (Å²) in [7, 11) is 5.41. The van der Waals surface area contributed by atoms with Crippen LogP contribution in [0.4, 0.5) is 0 Å². The number of thiol groups is 1. The Kier molecular flexibility index (Phi) is 14.5. The predicted molar refractivity (Wildman–Crippen MR) is 192 cm³/mol. The van der Waals surface area contributed by atoms with Gasteiger partial charge in [-0.1, -0.05) is 65.8 Å². The molecule has 1 N–H and O–H groups in total. The van der Waals surface area contributed by atoms with Crippen LogP contribution in [0.25, 0.3) is 0 Å². The molecule has 48 heavy (non-hydrogen) atoms. The second-order valence-corrected chi connectivity index (χ2v) is 15.2. The molecule has 5 atom stereocenters. The Hall–Kier alpha value is -2.92. The van der Waals surface area contributed by atoms with Gasteiger partial charge in [0.25, 0.3) is 0 Å². The molecule has 0 spiro atoms. The van der Waals surface area contributed by atoms with E-state index >= 15 is 0 Å². The predicted octanol–water partition coefficient (Wildman–Crippen LogP) is 4.02. The number of carbonyl (C=O) groups is 5. The molecule has 10 nitrogen and oxygen atoms in total. The van der Waals surface area contributed by atoms with Gasteiger partial charge in [0.05, 0.1) is 6.04 Å². The minimum absolute atomic E-state index is 0.0173. The van der Waals surface area contributed by atoms with E-state index in [2.05, 4.69) is 17.9 Å². The summed E-state index contributed by atoms with van der Waals surface area (Å²) in [6.45, 7) is 12.9. The lowest BCUT2D eigenvalue weighted by Crippen LogP contribution is -2.58. The van der Waals surface area contributed by atoms with Crippen molar-refractivity contribution in [3.05, 3.63) is 35.4 Å². The summed E-state index contributed by atoms with van der Waals surface area (Å²) in [5, 5.41) is 3.00. The molecule has 2 aliphatic heterocycles. The number of benzene rings is 1. The van der Waals surface area contributed by atoms with Gasteiger partial charge in [-0.3, -0.25) is 28.9 Å². The van der Waals surface area contributed by atoms with E-state index in [9.17, 15) is 24.0 Å². The van der Waals surface area contributed by atoms with Crippen LogP contribution in [-0.4, -0.2) is 107 Å². The molecule has 2 saturated heterocycles. The van der Waals surface area contributed by atoms with E-state index in [0.29, 0.717) is 51.1 Å². The normalized spacial score (nSPS) is 20.0. The fourth-order valence-corrected chi connectivity index (χ4v) is 7.73. The zero-order chi connectivity index (χ0) is 35.9. The van der Waals surface area contributed by atoms with Crippen LogP contribution in [0.2, 0.25) is 0 Å². The third kappa shape index (κ3) is 9.40. The Morgan fingerprint density at radius 1 is 0.792 bits per heavy atom. The van der Waals surface area contributed by atoms with E-state index in [1.54, 1.807) is 16.8 Å². The second kappa shape index (κ2) is 17.7. The van der Waals surface area contributed by atoms with Crippen LogP contribution >= 0.6 is 12.6 Å². The molecule has 0 aliphatic carbocycles. The summed E-state index contributed by atoms with van der Waals surface area (Å²) < 4.78 is 0. The van der Waals surface area contributed by atoms with Gasteiger partial charge in [0.2, 0.25) is 23.6 Å². The zero-order valence-corrected chi connectivity index (χ0v) is 31.5. The van der Waals surface area contributed by atoms with Crippen molar-refractivity contribution < 1.29 is 24.0 Å². The maximum atomic E-state index is 14.3. The largest absolute Gasteiger partial charge is 0.350 e. The van der Waals surface area contributed by atoms with Crippen molar-refractivity contribution in [2.45, 2.75) is 110 Å². The van der Waals surface area contributed by atoms with Gasteiger partial charge in [-0.05, 0) is 68.7 Å². The summed E-state index contributed by atoms with van der Waals surface area (Å²) in [4.78, 5) is 75.8. The quantitative estimate of drug-likeness (QED) is 0.270. The summed E-state index contributed by atoms with van der Waals surface area (Å²) in [6, 6.07) is 5.54. The Morgan fingerprint density at radius 3 is 1.85 bits per heavy atom. The maximum absolute atomic E-state index is 14.3. The molecule has 1 aromatic carbocycles. The van der Waals surface area contributed by atoms with E-state index in [-0.39, 0.29) is 59.6 Å². The van der Waals surface area contributed by atoms with Gasteiger partial charge in [-0.15, -0.1) is 0 Å². The number of nitrogens with zero attached hydrogens (tertiary/aromatic N) is 4. The SMILES string of the molecule is CC(C)C(CC(=O)C(C(C)C)N(C)C)C(=O)N(C)C(C(=O)N1CCCC1C(=O)N1CCCC1C(=O)NCc1ccc(CS)cc1)C(C)C. The number of nitrogens with one attached hydrogen (secondary N) is 1. The number of rotatable bonds is 15. The first-order chi connectivity index (χ1) is 22.6.